The molecule has 2 aromatic carbocycles. The summed E-state index contributed by atoms with van der Waals surface area (Å²) in [6, 6.07) is 20.0. The van der Waals surface area contributed by atoms with E-state index in [0.29, 0.717) is 19.5 Å². The molecule has 1 atom stereocenters. The van der Waals surface area contributed by atoms with E-state index in [9.17, 15) is 4.79 Å². The molecule has 0 bridgehead atoms. The number of rotatable bonds is 7. The van der Waals surface area contributed by atoms with Crippen LogP contribution in [-0.2, 0) is 4.79 Å². The molecule has 31 heavy (non-hydrogen) atoms. The van der Waals surface area contributed by atoms with E-state index in [1.54, 1.807) is 14.2 Å². The highest BCUT2D eigenvalue weighted by Crippen LogP contribution is 2.29. The van der Waals surface area contributed by atoms with E-state index in [0.717, 1.165) is 35.8 Å². The summed E-state index contributed by atoms with van der Waals surface area (Å²) in [5, 5.41) is 0. The van der Waals surface area contributed by atoms with Gasteiger partial charge in [0.15, 0.2) is 0 Å². The zero-order valence-electron chi connectivity index (χ0n) is 18.1. The van der Waals surface area contributed by atoms with Gasteiger partial charge in [0.25, 0.3) is 0 Å². The van der Waals surface area contributed by atoms with Crippen LogP contribution in [0.4, 0.5) is 5.69 Å². The number of piperazine rings is 1. The quantitative estimate of drug-likeness (QED) is 0.584. The number of methoxy groups -OCH3 is 2. The van der Waals surface area contributed by atoms with Crippen molar-refractivity contribution in [2.45, 2.75) is 12.5 Å². The number of hydrogen-bond acceptors (Lipinski definition) is 4. The molecule has 0 saturated carbocycles. The van der Waals surface area contributed by atoms with Gasteiger partial charge < -0.3 is 23.8 Å². The third kappa shape index (κ3) is 4.68. The Kier molecular flexibility index (Phi) is 6.46. The van der Waals surface area contributed by atoms with Gasteiger partial charge in [0.05, 0.1) is 32.4 Å². The molecule has 0 aliphatic carbocycles. The molecule has 1 amide bonds. The number of para-hydroxylation sites is 2. The molecule has 6 heteroatoms. The Balaban J connectivity index is 1.43. The molecule has 1 saturated heterocycles. The van der Waals surface area contributed by atoms with Crippen LogP contribution in [0.25, 0.3) is 0 Å². The molecule has 1 aliphatic rings. The van der Waals surface area contributed by atoms with Crippen molar-refractivity contribution in [3.05, 3.63) is 78.6 Å². The highest BCUT2D eigenvalue weighted by molar-refractivity contribution is 5.77. The highest BCUT2D eigenvalue weighted by atomic mass is 16.5. The summed E-state index contributed by atoms with van der Waals surface area (Å²) >= 11 is 0. The SMILES string of the molecule is COc1ccc([C@H](CC(=O)N2CCN(c3ccccc3OC)CC2)n2cccc2)cc1. The van der Waals surface area contributed by atoms with Crippen LogP contribution in [-0.4, -0.2) is 55.8 Å². The number of carbonyl (C=O) groups is 1. The third-order valence-electron chi connectivity index (χ3n) is 5.91. The van der Waals surface area contributed by atoms with Crippen LogP contribution in [0.1, 0.15) is 18.0 Å². The van der Waals surface area contributed by atoms with E-state index in [1.165, 1.54) is 0 Å². The minimum atomic E-state index is -0.0411. The average molecular weight is 420 g/mol. The van der Waals surface area contributed by atoms with Crippen molar-refractivity contribution in [1.82, 2.24) is 9.47 Å². The number of ether oxygens (including phenoxy) is 2. The molecule has 1 aliphatic heterocycles. The van der Waals surface area contributed by atoms with E-state index in [1.807, 2.05) is 71.9 Å². The fraction of sp³-hybridized carbons (Fsp3) is 0.320. The molecule has 162 valence electrons. The van der Waals surface area contributed by atoms with E-state index in [-0.39, 0.29) is 11.9 Å². The Morgan fingerprint density at radius 3 is 2.19 bits per heavy atom. The van der Waals surface area contributed by atoms with Gasteiger partial charge in [-0.1, -0.05) is 24.3 Å². The monoisotopic (exact) mass is 419 g/mol. The number of benzene rings is 2. The van der Waals surface area contributed by atoms with Gasteiger partial charge in [-0.2, -0.15) is 0 Å². The van der Waals surface area contributed by atoms with Crippen LogP contribution < -0.4 is 14.4 Å². The predicted molar refractivity (Wildman–Crippen MR) is 122 cm³/mol. The van der Waals surface area contributed by atoms with E-state index >= 15 is 0 Å². The minimum absolute atomic E-state index is 0.0411. The van der Waals surface area contributed by atoms with E-state index in [2.05, 4.69) is 15.5 Å². The molecule has 2 heterocycles. The van der Waals surface area contributed by atoms with Crippen LogP contribution in [0.2, 0.25) is 0 Å². The second-order valence-corrected chi connectivity index (χ2v) is 7.66. The maximum Gasteiger partial charge on any atom is 0.225 e. The number of amides is 1. The Morgan fingerprint density at radius 1 is 0.871 bits per heavy atom. The van der Waals surface area contributed by atoms with Crippen molar-refractivity contribution < 1.29 is 14.3 Å². The fourth-order valence-electron chi connectivity index (χ4n) is 4.16. The molecule has 0 spiro atoms. The Morgan fingerprint density at radius 2 is 1.55 bits per heavy atom. The molecule has 0 unspecified atom stereocenters. The lowest BCUT2D eigenvalue weighted by Crippen LogP contribution is -2.49. The van der Waals surface area contributed by atoms with Gasteiger partial charge in [0.2, 0.25) is 5.91 Å². The predicted octanol–water partition coefficient (Wildman–Crippen LogP) is 3.83. The van der Waals surface area contributed by atoms with Gasteiger partial charge in [-0.15, -0.1) is 0 Å². The molecule has 1 aromatic heterocycles. The number of hydrogen-bond donors (Lipinski definition) is 0. The first-order valence-corrected chi connectivity index (χ1v) is 10.6. The first-order chi connectivity index (χ1) is 15.2. The lowest BCUT2D eigenvalue weighted by molar-refractivity contribution is -0.132. The molecule has 1 fully saturated rings. The van der Waals surface area contributed by atoms with Gasteiger partial charge in [-0.05, 0) is 42.0 Å². The molecule has 4 rings (SSSR count). The van der Waals surface area contributed by atoms with Crippen molar-refractivity contribution in [3.8, 4) is 11.5 Å². The molecule has 0 radical (unpaired) electrons. The standard InChI is InChI=1S/C25H29N3O3/c1-30-21-11-9-20(10-12-21)23(26-13-5-6-14-26)19-25(29)28-17-15-27(16-18-28)22-7-3-4-8-24(22)31-2/h3-14,23H,15-19H2,1-2H3/t23-/m0/s1. The maximum atomic E-state index is 13.2. The van der Waals surface area contributed by atoms with Gasteiger partial charge in [-0.3, -0.25) is 4.79 Å². The number of anilines is 1. The second kappa shape index (κ2) is 9.60. The zero-order chi connectivity index (χ0) is 21.6. The normalized spacial score (nSPS) is 14.9. The molecule has 6 nitrogen and oxygen atoms in total. The Bertz CT molecular complexity index is 978. The number of nitrogens with zero attached hydrogens (tertiary/aromatic N) is 3. The van der Waals surface area contributed by atoms with Crippen molar-refractivity contribution in [1.29, 1.82) is 0 Å². The molecular formula is C25H29N3O3. The second-order valence-electron chi connectivity index (χ2n) is 7.66. The Hall–Kier alpha value is -3.41. The maximum absolute atomic E-state index is 13.2. The summed E-state index contributed by atoms with van der Waals surface area (Å²) in [7, 11) is 3.35. The van der Waals surface area contributed by atoms with Crippen LogP contribution in [0.15, 0.2) is 73.1 Å². The lowest BCUT2D eigenvalue weighted by atomic mass is 10.0. The summed E-state index contributed by atoms with van der Waals surface area (Å²) in [5.74, 6) is 1.86. The minimum Gasteiger partial charge on any atom is -0.497 e. The van der Waals surface area contributed by atoms with Crippen LogP contribution in [0, 0.1) is 0 Å². The number of carbonyl (C=O) groups excluding carboxylic acids is 1. The summed E-state index contributed by atoms with van der Waals surface area (Å²) in [6.45, 7) is 3.00. The van der Waals surface area contributed by atoms with Crippen molar-refractivity contribution in [2.75, 3.05) is 45.3 Å². The summed E-state index contributed by atoms with van der Waals surface area (Å²) in [6.07, 6.45) is 4.46. The van der Waals surface area contributed by atoms with Gasteiger partial charge in [0.1, 0.15) is 11.5 Å². The van der Waals surface area contributed by atoms with Crippen molar-refractivity contribution in [3.63, 3.8) is 0 Å². The topological polar surface area (TPSA) is 46.9 Å². The average Bonchev–Trinajstić information content (AvgIpc) is 3.37. The molecular weight excluding hydrogens is 390 g/mol. The van der Waals surface area contributed by atoms with Crippen LogP contribution in [0.3, 0.4) is 0 Å². The Labute approximate surface area is 183 Å². The summed E-state index contributed by atoms with van der Waals surface area (Å²) in [4.78, 5) is 17.5. The third-order valence-corrected chi connectivity index (χ3v) is 5.91. The van der Waals surface area contributed by atoms with E-state index < -0.39 is 0 Å². The first-order valence-electron chi connectivity index (χ1n) is 10.6. The zero-order valence-corrected chi connectivity index (χ0v) is 18.1. The molecule has 3 aromatic rings. The first kappa shape index (κ1) is 20.8. The number of aromatic nitrogens is 1. The van der Waals surface area contributed by atoms with Crippen molar-refractivity contribution in [2.24, 2.45) is 0 Å². The largest absolute Gasteiger partial charge is 0.497 e. The van der Waals surface area contributed by atoms with Gasteiger partial charge >= 0.3 is 0 Å². The smallest absolute Gasteiger partial charge is 0.225 e. The van der Waals surface area contributed by atoms with Crippen LogP contribution >= 0.6 is 0 Å². The summed E-state index contributed by atoms with van der Waals surface area (Å²) < 4.78 is 12.9. The van der Waals surface area contributed by atoms with Gasteiger partial charge in [-0.25, -0.2) is 0 Å². The molecule has 0 N–H and O–H groups in total. The van der Waals surface area contributed by atoms with E-state index in [4.69, 9.17) is 9.47 Å². The highest BCUT2D eigenvalue weighted by Gasteiger charge is 2.26. The lowest BCUT2D eigenvalue weighted by Gasteiger charge is -2.37. The van der Waals surface area contributed by atoms with Crippen molar-refractivity contribution >= 4 is 11.6 Å². The van der Waals surface area contributed by atoms with Gasteiger partial charge in [0, 0.05) is 38.6 Å². The van der Waals surface area contributed by atoms with Crippen LogP contribution in [0.5, 0.6) is 11.5 Å². The fourth-order valence-corrected chi connectivity index (χ4v) is 4.16. The summed E-state index contributed by atoms with van der Waals surface area (Å²) in [5.41, 5.74) is 2.18.